The SMILES string of the molecule is CC(CO)c1n[nH]c(=O)c2cc(Cl)c(Cl)cc12. The van der Waals surface area contributed by atoms with E-state index in [1.165, 1.54) is 6.07 Å². The zero-order chi connectivity index (χ0) is 12.6. The van der Waals surface area contributed by atoms with Crippen molar-refractivity contribution in [1.82, 2.24) is 10.2 Å². The highest BCUT2D eigenvalue weighted by Gasteiger charge is 2.14. The topological polar surface area (TPSA) is 66.0 Å². The number of aliphatic hydroxyl groups is 1. The van der Waals surface area contributed by atoms with E-state index in [1.54, 1.807) is 6.07 Å². The lowest BCUT2D eigenvalue weighted by atomic mass is 10.0. The molecule has 0 aliphatic heterocycles. The standard InChI is InChI=1S/C11H10Cl2N2O2/c1-5(4-16)10-6-2-8(12)9(13)3-7(6)11(17)15-14-10/h2-3,5,16H,4H2,1H3,(H,15,17). The van der Waals surface area contributed by atoms with E-state index in [1.807, 2.05) is 6.92 Å². The summed E-state index contributed by atoms with van der Waals surface area (Å²) in [5.74, 6) is -0.188. The molecule has 1 aromatic heterocycles. The second-order valence-corrected chi connectivity index (χ2v) is 4.65. The van der Waals surface area contributed by atoms with Crippen LogP contribution in [-0.2, 0) is 0 Å². The van der Waals surface area contributed by atoms with Crippen molar-refractivity contribution < 1.29 is 5.11 Å². The number of aromatic amines is 1. The van der Waals surface area contributed by atoms with E-state index >= 15 is 0 Å². The molecule has 0 saturated carbocycles. The lowest BCUT2D eigenvalue weighted by Crippen LogP contribution is -2.14. The van der Waals surface area contributed by atoms with Gasteiger partial charge in [0.15, 0.2) is 0 Å². The maximum atomic E-state index is 11.6. The van der Waals surface area contributed by atoms with Gasteiger partial charge in [0.1, 0.15) is 0 Å². The molecule has 0 amide bonds. The van der Waals surface area contributed by atoms with E-state index in [4.69, 9.17) is 28.3 Å². The Bertz CT molecular complexity index is 625. The Labute approximate surface area is 107 Å². The molecule has 0 aliphatic rings. The predicted octanol–water partition coefficient (Wildman–Crippen LogP) is 2.33. The van der Waals surface area contributed by atoms with Gasteiger partial charge in [-0.15, -0.1) is 0 Å². The highest BCUT2D eigenvalue weighted by molar-refractivity contribution is 6.42. The molecular formula is C11H10Cl2N2O2. The molecule has 0 aliphatic carbocycles. The van der Waals surface area contributed by atoms with Crippen LogP contribution in [0.25, 0.3) is 10.8 Å². The van der Waals surface area contributed by atoms with Crippen molar-refractivity contribution in [3.05, 3.63) is 38.2 Å². The van der Waals surface area contributed by atoms with Crippen LogP contribution >= 0.6 is 23.2 Å². The van der Waals surface area contributed by atoms with Crippen molar-refractivity contribution in [3.63, 3.8) is 0 Å². The van der Waals surface area contributed by atoms with Crippen LogP contribution in [0.4, 0.5) is 0 Å². The number of fused-ring (bicyclic) bond motifs is 1. The molecule has 0 spiro atoms. The summed E-state index contributed by atoms with van der Waals surface area (Å²) in [6.07, 6.45) is 0. The highest BCUT2D eigenvalue weighted by atomic mass is 35.5. The Morgan fingerprint density at radius 1 is 1.35 bits per heavy atom. The van der Waals surface area contributed by atoms with Gasteiger partial charge in [-0.05, 0) is 12.1 Å². The molecule has 0 bridgehead atoms. The number of nitrogens with zero attached hydrogens (tertiary/aromatic N) is 1. The summed E-state index contributed by atoms with van der Waals surface area (Å²) in [5, 5.41) is 17.2. The first-order valence-corrected chi connectivity index (χ1v) is 5.78. The van der Waals surface area contributed by atoms with Gasteiger partial charge in [-0.25, -0.2) is 5.10 Å². The van der Waals surface area contributed by atoms with E-state index in [9.17, 15) is 4.79 Å². The van der Waals surface area contributed by atoms with E-state index < -0.39 is 0 Å². The molecule has 0 radical (unpaired) electrons. The smallest absolute Gasteiger partial charge is 0.272 e. The molecule has 1 aromatic carbocycles. The predicted molar refractivity (Wildman–Crippen MR) is 67.9 cm³/mol. The molecule has 17 heavy (non-hydrogen) atoms. The normalized spacial score (nSPS) is 12.9. The summed E-state index contributed by atoms with van der Waals surface area (Å²) in [6, 6.07) is 3.11. The number of nitrogens with one attached hydrogen (secondary N) is 1. The van der Waals surface area contributed by atoms with Gasteiger partial charge >= 0.3 is 0 Å². The third-order valence-electron chi connectivity index (χ3n) is 2.60. The second kappa shape index (κ2) is 4.64. The Hall–Kier alpha value is -1.10. The Morgan fingerprint density at radius 2 is 1.94 bits per heavy atom. The number of H-pyrrole nitrogens is 1. The minimum atomic E-state index is -0.326. The third-order valence-corrected chi connectivity index (χ3v) is 3.32. The summed E-state index contributed by atoms with van der Waals surface area (Å²) in [7, 11) is 0. The number of aliphatic hydroxyl groups excluding tert-OH is 1. The van der Waals surface area contributed by atoms with E-state index in [-0.39, 0.29) is 18.1 Å². The van der Waals surface area contributed by atoms with Crippen molar-refractivity contribution in [2.75, 3.05) is 6.61 Å². The van der Waals surface area contributed by atoms with Gasteiger partial charge in [0, 0.05) is 11.3 Å². The second-order valence-electron chi connectivity index (χ2n) is 3.83. The summed E-state index contributed by atoms with van der Waals surface area (Å²) < 4.78 is 0. The molecule has 2 aromatic rings. The Balaban J connectivity index is 2.84. The molecule has 4 nitrogen and oxygen atoms in total. The number of halogens is 2. The maximum Gasteiger partial charge on any atom is 0.272 e. The molecule has 0 fully saturated rings. The van der Waals surface area contributed by atoms with Crippen LogP contribution in [0.1, 0.15) is 18.5 Å². The lowest BCUT2D eigenvalue weighted by Gasteiger charge is -2.10. The van der Waals surface area contributed by atoms with Crippen LogP contribution < -0.4 is 5.56 Å². The fourth-order valence-corrected chi connectivity index (χ4v) is 1.97. The quantitative estimate of drug-likeness (QED) is 0.882. The van der Waals surface area contributed by atoms with Crippen LogP contribution in [0.3, 0.4) is 0 Å². The van der Waals surface area contributed by atoms with Gasteiger partial charge in [0.2, 0.25) is 0 Å². The van der Waals surface area contributed by atoms with Crippen molar-refractivity contribution in [3.8, 4) is 0 Å². The van der Waals surface area contributed by atoms with Crippen molar-refractivity contribution >= 4 is 34.0 Å². The van der Waals surface area contributed by atoms with Gasteiger partial charge in [-0.1, -0.05) is 30.1 Å². The molecule has 90 valence electrons. The summed E-state index contributed by atoms with van der Waals surface area (Å²) in [6.45, 7) is 1.75. The zero-order valence-corrected chi connectivity index (χ0v) is 10.5. The summed E-state index contributed by atoms with van der Waals surface area (Å²) in [5.41, 5.74) is 0.271. The monoisotopic (exact) mass is 272 g/mol. The number of hydrogen-bond acceptors (Lipinski definition) is 3. The molecule has 6 heteroatoms. The number of rotatable bonds is 2. The molecule has 2 N–H and O–H groups in total. The van der Waals surface area contributed by atoms with Crippen LogP contribution in [0, 0.1) is 0 Å². The first-order chi connectivity index (χ1) is 8.04. The minimum absolute atomic E-state index is 0.0611. The van der Waals surface area contributed by atoms with Crippen LogP contribution in [0.15, 0.2) is 16.9 Å². The number of aromatic nitrogens is 2. The van der Waals surface area contributed by atoms with Crippen LogP contribution in [0.5, 0.6) is 0 Å². The van der Waals surface area contributed by atoms with Crippen molar-refractivity contribution in [2.24, 2.45) is 0 Å². The zero-order valence-electron chi connectivity index (χ0n) is 9.00. The third kappa shape index (κ3) is 2.16. The van der Waals surface area contributed by atoms with Gasteiger partial charge in [-0.3, -0.25) is 4.79 Å². The Morgan fingerprint density at radius 3 is 2.53 bits per heavy atom. The van der Waals surface area contributed by atoms with Crippen LogP contribution in [-0.4, -0.2) is 21.9 Å². The first kappa shape index (κ1) is 12.4. The molecule has 0 saturated heterocycles. The highest BCUT2D eigenvalue weighted by Crippen LogP contribution is 2.29. The largest absolute Gasteiger partial charge is 0.396 e. The van der Waals surface area contributed by atoms with Gasteiger partial charge < -0.3 is 5.11 Å². The lowest BCUT2D eigenvalue weighted by molar-refractivity contribution is 0.271. The molecule has 1 unspecified atom stereocenters. The van der Waals surface area contributed by atoms with E-state index in [0.717, 1.165) is 0 Å². The average Bonchev–Trinajstić information content (AvgIpc) is 2.31. The summed E-state index contributed by atoms with van der Waals surface area (Å²) in [4.78, 5) is 11.6. The molecule has 1 heterocycles. The fourth-order valence-electron chi connectivity index (χ4n) is 1.64. The molecular weight excluding hydrogens is 263 g/mol. The van der Waals surface area contributed by atoms with Crippen LogP contribution in [0.2, 0.25) is 10.0 Å². The van der Waals surface area contributed by atoms with E-state index in [2.05, 4.69) is 10.2 Å². The molecule has 2 rings (SSSR count). The van der Waals surface area contributed by atoms with Gasteiger partial charge in [-0.2, -0.15) is 5.10 Å². The first-order valence-electron chi connectivity index (χ1n) is 5.02. The van der Waals surface area contributed by atoms with Crippen molar-refractivity contribution in [1.29, 1.82) is 0 Å². The number of benzene rings is 1. The summed E-state index contributed by atoms with van der Waals surface area (Å²) >= 11 is 11.8. The maximum absolute atomic E-state index is 11.6. The minimum Gasteiger partial charge on any atom is -0.396 e. The Kier molecular flexibility index (Phi) is 3.38. The average molecular weight is 273 g/mol. The number of hydrogen-bond donors (Lipinski definition) is 2. The molecule has 1 atom stereocenters. The van der Waals surface area contributed by atoms with Crippen molar-refractivity contribution in [2.45, 2.75) is 12.8 Å². The van der Waals surface area contributed by atoms with Gasteiger partial charge in [0.25, 0.3) is 5.56 Å². The van der Waals surface area contributed by atoms with E-state index in [0.29, 0.717) is 26.5 Å². The van der Waals surface area contributed by atoms with Gasteiger partial charge in [0.05, 0.1) is 27.7 Å². The fraction of sp³-hybridized carbons (Fsp3) is 0.273.